The molecule has 0 bridgehead atoms. The number of ether oxygens (including phenoxy) is 1. The van der Waals surface area contributed by atoms with Gasteiger partial charge in [0, 0.05) is 23.9 Å². The Bertz CT molecular complexity index is 912. The van der Waals surface area contributed by atoms with Crippen LogP contribution in [0.3, 0.4) is 0 Å². The summed E-state index contributed by atoms with van der Waals surface area (Å²) in [6.07, 6.45) is 1.31. The summed E-state index contributed by atoms with van der Waals surface area (Å²) in [6.45, 7) is 4.98. The first-order chi connectivity index (χ1) is 12.3. The number of anilines is 1. The van der Waals surface area contributed by atoms with E-state index in [1.807, 2.05) is 0 Å². The summed E-state index contributed by atoms with van der Waals surface area (Å²) in [5.41, 5.74) is 7.16. The molecule has 1 atom stereocenters. The fourth-order valence-corrected chi connectivity index (χ4v) is 4.82. The number of benzene rings is 1. The Morgan fingerprint density at radius 1 is 1.54 bits per heavy atom. The van der Waals surface area contributed by atoms with Crippen molar-refractivity contribution in [1.82, 2.24) is 4.98 Å². The van der Waals surface area contributed by atoms with E-state index in [0.29, 0.717) is 21.8 Å². The third-order valence-corrected chi connectivity index (χ3v) is 6.30. The van der Waals surface area contributed by atoms with E-state index in [9.17, 15) is 13.2 Å². The van der Waals surface area contributed by atoms with Gasteiger partial charge in [-0.25, -0.2) is 13.4 Å². The second kappa shape index (κ2) is 8.63. The highest BCUT2D eigenvalue weighted by Gasteiger charge is 2.28. The predicted octanol–water partition coefficient (Wildman–Crippen LogP) is 2.99. The summed E-state index contributed by atoms with van der Waals surface area (Å²) < 4.78 is 32.9. The van der Waals surface area contributed by atoms with Gasteiger partial charge in [0.05, 0.1) is 5.69 Å². The number of nitrogens with zero attached hydrogens (tertiary/aromatic N) is 1. The number of hydrogen-bond donors (Lipinski definition) is 2. The highest BCUT2D eigenvalue weighted by atomic mass is 35.5. The van der Waals surface area contributed by atoms with Crippen molar-refractivity contribution in [2.45, 2.75) is 25.3 Å². The maximum atomic E-state index is 12.8. The van der Waals surface area contributed by atoms with Crippen LogP contribution in [0.25, 0.3) is 0 Å². The van der Waals surface area contributed by atoms with E-state index < -0.39 is 21.2 Å². The number of esters is 1. The predicted molar refractivity (Wildman–Crippen MR) is 102 cm³/mol. The third-order valence-electron chi connectivity index (χ3n) is 3.42. The van der Waals surface area contributed by atoms with Gasteiger partial charge in [0.1, 0.15) is 11.9 Å². The number of nitrogens with two attached hydrogens (primary N) is 1. The van der Waals surface area contributed by atoms with E-state index in [0.717, 1.165) is 11.3 Å². The molecule has 0 saturated carbocycles. The molecule has 3 N–H and O–H groups in total. The zero-order valence-electron chi connectivity index (χ0n) is 13.9. The largest absolute Gasteiger partial charge is 0.459 e. The van der Waals surface area contributed by atoms with Crippen LogP contribution in [-0.4, -0.2) is 19.4 Å². The lowest BCUT2D eigenvalue weighted by Gasteiger charge is -2.18. The van der Waals surface area contributed by atoms with Crippen LogP contribution in [0.4, 0.5) is 5.13 Å². The zero-order chi connectivity index (χ0) is 19.3. The van der Waals surface area contributed by atoms with Crippen LogP contribution < -0.4 is 10.5 Å². The van der Waals surface area contributed by atoms with Crippen LogP contribution in [0.15, 0.2) is 36.2 Å². The Kier molecular flexibility index (Phi) is 6.76. The molecule has 7 nitrogen and oxygen atoms in total. The molecule has 0 aliphatic rings. The highest BCUT2D eigenvalue weighted by molar-refractivity contribution is 7.93. The fraction of sp³-hybridized carbons (Fsp3) is 0.250. The first-order valence-corrected chi connectivity index (χ1v) is 10.3. The summed E-state index contributed by atoms with van der Waals surface area (Å²) in [4.78, 5) is 14.9. The molecule has 2 aromatic rings. The lowest BCUT2D eigenvalue weighted by Crippen LogP contribution is -2.21. The molecule has 0 amide bonds. The Morgan fingerprint density at radius 3 is 2.88 bits per heavy atom. The van der Waals surface area contributed by atoms with Gasteiger partial charge >= 0.3 is 5.97 Å². The van der Waals surface area contributed by atoms with Crippen LogP contribution in [-0.2, 0) is 32.7 Å². The van der Waals surface area contributed by atoms with E-state index in [4.69, 9.17) is 22.1 Å². The minimum Gasteiger partial charge on any atom is -0.459 e. The Labute approximate surface area is 160 Å². The molecule has 0 fully saturated rings. The standard InChI is InChI=1S/C16H18ClN3O4S2/c1-3-15(12-5-4-6-14(17)13(12)7-18)26(22,23)20-16-19-11(9-25-16)8-24-10(2)21/h3-6,9,15H,1,7-8,18H2,2H3,(H,19,20). The number of hydrogen-bond acceptors (Lipinski definition) is 7. The number of carbonyl (C=O) groups is 1. The van der Waals surface area contributed by atoms with Gasteiger partial charge in [-0.1, -0.05) is 29.8 Å². The Morgan fingerprint density at radius 2 is 2.27 bits per heavy atom. The first kappa shape index (κ1) is 20.4. The molecule has 0 spiro atoms. The minimum absolute atomic E-state index is 0.0237. The van der Waals surface area contributed by atoms with Crippen molar-refractivity contribution in [3.05, 3.63) is 58.1 Å². The van der Waals surface area contributed by atoms with Crippen molar-refractivity contribution in [1.29, 1.82) is 0 Å². The second-order valence-electron chi connectivity index (χ2n) is 5.24. The van der Waals surface area contributed by atoms with Crippen molar-refractivity contribution in [2.75, 3.05) is 4.72 Å². The molecule has 0 radical (unpaired) electrons. The van der Waals surface area contributed by atoms with Gasteiger partial charge in [-0.05, 0) is 17.2 Å². The summed E-state index contributed by atoms with van der Waals surface area (Å²) in [6, 6.07) is 4.95. The summed E-state index contributed by atoms with van der Waals surface area (Å²) >= 11 is 7.21. The normalized spacial score (nSPS) is 12.4. The van der Waals surface area contributed by atoms with Crippen LogP contribution >= 0.6 is 22.9 Å². The van der Waals surface area contributed by atoms with Crippen LogP contribution in [0, 0.1) is 0 Å². The van der Waals surface area contributed by atoms with Crippen molar-refractivity contribution < 1.29 is 17.9 Å². The third kappa shape index (κ3) is 4.82. The number of sulfonamides is 1. The van der Waals surface area contributed by atoms with Crippen molar-refractivity contribution in [2.24, 2.45) is 5.73 Å². The summed E-state index contributed by atoms with van der Waals surface area (Å²) in [7, 11) is -3.89. The SMILES string of the molecule is C=CC(c1cccc(Cl)c1CN)S(=O)(=O)Nc1nc(COC(C)=O)cs1. The number of halogens is 1. The maximum Gasteiger partial charge on any atom is 0.303 e. The molecule has 2 rings (SSSR count). The number of nitrogens with one attached hydrogen (secondary N) is 1. The molecule has 10 heteroatoms. The smallest absolute Gasteiger partial charge is 0.303 e. The molecule has 140 valence electrons. The van der Waals surface area contributed by atoms with Gasteiger partial charge in [0.2, 0.25) is 10.0 Å². The second-order valence-corrected chi connectivity index (χ2v) is 8.31. The number of thiazole rings is 1. The van der Waals surface area contributed by atoms with Crippen molar-refractivity contribution in [3.8, 4) is 0 Å². The van der Waals surface area contributed by atoms with Gasteiger partial charge in [-0.15, -0.1) is 17.9 Å². The number of rotatable bonds is 8. The molecular formula is C16H18ClN3O4S2. The monoisotopic (exact) mass is 415 g/mol. The molecule has 26 heavy (non-hydrogen) atoms. The molecule has 1 heterocycles. The maximum absolute atomic E-state index is 12.8. The highest BCUT2D eigenvalue weighted by Crippen LogP contribution is 2.32. The van der Waals surface area contributed by atoms with E-state index >= 15 is 0 Å². The lowest BCUT2D eigenvalue weighted by atomic mass is 10.0. The van der Waals surface area contributed by atoms with Gasteiger partial charge in [-0.2, -0.15) is 0 Å². The summed E-state index contributed by atoms with van der Waals surface area (Å²) in [5.74, 6) is -0.442. The van der Waals surface area contributed by atoms with Gasteiger partial charge in [0.25, 0.3) is 0 Å². The number of aromatic nitrogens is 1. The number of carbonyl (C=O) groups excluding carboxylic acids is 1. The van der Waals surface area contributed by atoms with Crippen LogP contribution in [0.5, 0.6) is 0 Å². The van der Waals surface area contributed by atoms with Gasteiger partial charge in [-0.3, -0.25) is 9.52 Å². The quantitative estimate of drug-likeness (QED) is 0.506. The van der Waals surface area contributed by atoms with E-state index in [2.05, 4.69) is 16.3 Å². The fourth-order valence-electron chi connectivity index (χ4n) is 2.26. The lowest BCUT2D eigenvalue weighted by molar-refractivity contribution is -0.142. The Balaban J connectivity index is 2.27. The zero-order valence-corrected chi connectivity index (χ0v) is 16.3. The Hall–Kier alpha value is -1.94. The van der Waals surface area contributed by atoms with Gasteiger partial charge in [0.15, 0.2) is 5.13 Å². The topological polar surface area (TPSA) is 111 Å². The van der Waals surface area contributed by atoms with E-state index in [-0.39, 0.29) is 18.3 Å². The molecule has 1 unspecified atom stereocenters. The average Bonchev–Trinajstić information content (AvgIpc) is 3.00. The molecule has 0 aliphatic carbocycles. The van der Waals surface area contributed by atoms with Crippen molar-refractivity contribution in [3.63, 3.8) is 0 Å². The minimum atomic E-state index is -3.89. The van der Waals surface area contributed by atoms with E-state index in [1.54, 1.807) is 23.6 Å². The molecule has 1 aromatic carbocycles. The molecule has 0 saturated heterocycles. The van der Waals surface area contributed by atoms with E-state index in [1.165, 1.54) is 13.0 Å². The summed E-state index contributed by atoms with van der Waals surface area (Å²) in [5, 5.41) is 1.11. The van der Waals surface area contributed by atoms with Crippen LogP contribution in [0.1, 0.15) is 29.0 Å². The molecular weight excluding hydrogens is 398 g/mol. The molecule has 1 aromatic heterocycles. The van der Waals surface area contributed by atoms with Gasteiger partial charge < -0.3 is 10.5 Å². The molecule has 0 aliphatic heterocycles. The van der Waals surface area contributed by atoms with Crippen molar-refractivity contribution >= 4 is 44.1 Å². The average molecular weight is 416 g/mol. The van der Waals surface area contributed by atoms with Crippen LogP contribution in [0.2, 0.25) is 5.02 Å². The first-order valence-electron chi connectivity index (χ1n) is 7.47.